The van der Waals surface area contributed by atoms with E-state index >= 15 is 0 Å². The first-order chi connectivity index (χ1) is 8.40. The molecule has 0 radical (unpaired) electrons. The van der Waals surface area contributed by atoms with Crippen molar-refractivity contribution in [2.24, 2.45) is 0 Å². The maximum Gasteiger partial charge on any atom is 0.0635 e. The lowest BCUT2D eigenvalue weighted by atomic mass is 10.2. The minimum atomic E-state index is 0.525. The van der Waals surface area contributed by atoms with Crippen molar-refractivity contribution in [2.45, 2.75) is 25.9 Å². The minimum Gasteiger partial charge on any atom is -0.378 e. The van der Waals surface area contributed by atoms with Crippen molar-refractivity contribution >= 4 is 11.3 Å². The molecule has 2 rings (SSSR count). The minimum absolute atomic E-state index is 0.525. The van der Waals surface area contributed by atoms with E-state index in [0.29, 0.717) is 6.04 Å². The van der Waals surface area contributed by atoms with Crippen LogP contribution in [0.2, 0.25) is 0 Å². The van der Waals surface area contributed by atoms with Gasteiger partial charge in [-0.25, -0.2) is 0 Å². The van der Waals surface area contributed by atoms with Gasteiger partial charge >= 0.3 is 0 Å². The zero-order valence-electron chi connectivity index (χ0n) is 10.5. The lowest BCUT2D eigenvalue weighted by molar-refractivity contribution is -0.0104. The summed E-state index contributed by atoms with van der Waals surface area (Å²) in [5.74, 6) is 0. The van der Waals surface area contributed by atoms with Gasteiger partial charge < -0.3 is 10.1 Å². The van der Waals surface area contributed by atoms with Crippen LogP contribution in [0.15, 0.2) is 17.5 Å². The average molecular weight is 254 g/mol. The van der Waals surface area contributed by atoms with Gasteiger partial charge in [0.2, 0.25) is 0 Å². The molecule has 0 aromatic carbocycles. The van der Waals surface area contributed by atoms with E-state index in [1.54, 1.807) is 0 Å². The number of hydrogen-bond acceptors (Lipinski definition) is 4. The Morgan fingerprint density at radius 2 is 2.53 bits per heavy atom. The van der Waals surface area contributed by atoms with Gasteiger partial charge in [0.05, 0.1) is 13.2 Å². The highest BCUT2D eigenvalue weighted by molar-refractivity contribution is 7.09. The third-order valence-electron chi connectivity index (χ3n) is 3.10. The SMILES string of the molecule is CCCNCC1COCCN1Cc1cccs1. The van der Waals surface area contributed by atoms with E-state index < -0.39 is 0 Å². The first kappa shape index (κ1) is 13.0. The van der Waals surface area contributed by atoms with Gasteiger partial charge in [0.15, 0.2) is 0 Å². The molecule has 0 amide bonds. The highest BCUT2D eigenvalue weighted by Gasteiger charge is 2.22. The third-order valence-corrected chi connectivity index (χ3v) is 3.96. The molecule has 1 aromatic heterocycles. The summed E-state index contributed by atoms with van der Waals surface area (Å²) >= 11 is 1.84. The number of rotatable bonds is 6. The Bertz CT molecular complexity index is 302. The molecule has 17 heavy (non-hydrogen) atoms. The van der Waals surface area contributed by atoms with Gasteiger partial charge in [-0.05, 0) is 24.4 Å². The summed E-state index contributed by atoms with van der Waals surface area (Å²) in [6.07, 6.45) is 1.19. The highest BCUT2D eigenvalue weighted by Crippen LogP contribution is 2.15. The lowest BCUT2D eigenvalue weighted by Crippen LogP contribution is -2.49. The first-order valence-corrected chi connectivity index (χ1v) is 7.33. The summed E-state index contributed by atoms with van der Waals surface area (Å²) < 4.78 is 5.58. The van der Waals surface area contributed by atoms with Gasteiger partial charge in [-0.15, -0.1) is 11.3 Å². The van der Waals surface area contributed by atoms with Crippen molar-refractivity contribution in [3.05, 3.63) is 22.4 Å². The molecule has 0 spiro atoms. The molecule has 1 aliphatic rings. The number of thiophene rings is 1. The highest BCUT2D eigenvalue weighted by atomic mass is 32.1. The van der Waals surface area contributed by atoms with Crippen LogP contribution in [0.3, 0.4) is 0 Å². The van der Waals surface area contributed by atoms with Crippen molar-refractivity contribution in [3.63, 3.8) is 0 Å². The van der Waals surface area contributed by atoms with Crippen LogP contribution in [0.4, 0.5) is 0 Å². The molecular formula is C13H22N2OS. The summed E-state index contributed by atoms with van der Waals surface area (Å²) in [5.41, 5.74) is 0. The molecule has 1 saturated heterocycles. The molecule has 0 aliphatic carbocycles. The number of ether oxygens (including phenoxy) is 1. The normalized spacial score (nSPS) is 21.8. The third kappa shape index (κ3) is 4.07. The second kappa shape index (κ2) is 7.11. The van der Waals surface area contributed by atoms with Gasteiger partial charge in [-0.2, -0.15) is 0 Å². The van der Waals surface area contributed by atoms with E-state index in [9.17, 15) is 0 Å². The Hall–Kier alpha value is -0.420. The quantitative estimate of drug-likeness (QED) is 0.785. The molecule has 96 valence electrons. The van der Waals surface area contributed by atoms with E-state index in [0.717, 1.165) is 39.4 Å². The fraction of sp³-hybridized carbons (Fsp3) is 0.692. The van der Waals surface area contributed by atoms with Crippen LogP contribution in [0.25, 0.3) is 0 Å². The molecule has 1 fully saturated rings. The second-order valence-electron chi connectivity index (χ2n) is 4.48. The molecule has 1 aromatic rings. The van der Waals surface area contributed by atoms with Gasteiger partial charge in [0.25, 0.3) is 0 Å². The maximum atomic E-state index is 5.58. The Labute approximate surface area is 108 Å². The van der Waals surface area contributed by atoms with Crippen LogP contribution in [-0.4, -0.2) is 43.8 Å². The summed E-state index contributed by atoms with van der Waals surface area (Å²) in [4.78, 5) is 3.99. The van der Waals surface area contributed by atoms with E-state index in [2.05, 4.69) is 34.7 Å². The molecule has 1 aliphatic heterocycles. The monoisotopic (exact) mass is 254 g/mol. The van der Waals surface area contributed by atoms with Gasteiger partial charge in [-0.3, -0.25) is 4.90 Å². The number of hydrogen-bond donors (Lipinski definition) is 1. The maximum absolute atomic E-state index is 5.58. The van der Waals surface area contributed by atoms with Crippen molar-refractivity contribution in [1.82, 2.24) is 10.2 Å². The van der Waals surface area contributed by atoms with Crippen molar-refractivity contribution in [1.29, 1.82) is 0 Å². The Morgan fingerprint density at radius 1 is 1.59 bits per heavy atom. The fourth-order valence-corrected chi connectivity index (χ4v) is 2.86. The van der Waals surface area contributed by atoms with Gasteiger partial charge in [-0.1, -0.05) is 13.0 Å². The molecule has 0 saturated carbocycles. The first-order valence-electron chi connectivity index (χ1n) is 6.45. The summed E-state index contributed by atoms with van der Waals surface area (Å²) in [6.45, 7) is 8.20. The smallest absolute Gasteiger partial charge is 0.0635 e. The molecule has 0 bridgehead atoms. The van der Waals surface area contributed by atoms with E-state index in [-0.39, 0.29) is 0 Å². The van der Waals surface area contributed by atoms with E-state index in [1.165, 1.54) is 11.3 Å². The van der Waals surface area contributed by atoms with Gasteiger partial charge in [0.1, 0.15) is 0 Å². The Balaban J connectivity index is 1.83. The van der Waals surface area contributed by atoms with Crippen LogP contribution in [-0.2, 0) is 11.3 Å². The Kier molecular flexibility index (Phi) is 5.45. The predicted molar refractivity (Wildman–Crippen MR) is 72.5 cm³/mol. The van der Waals surface area contributed by atoms with E-state index in [1.807, 2.05) is 11.3 Å². The summed E-state index contributed by atoms with van der Waals surface area (Å²) in [5, 5.41) is 5.65. The average Bonchev–Trinajstić information content (AvgIpc) is 2.84. The van der Waals surface area contributed by atoms with Crippen molar-refractivity contribution < 1.29 is 4.74 Å². The second-order valence-corrected chi connectivity index (χ2v) is 5.51. The Morgan fingerprint density at radius 3 is 3.29 bits per heavy atom. The topological polar surface area (TPSA) is 24.5 Å². The fourth-order valence-electron chi connectivity index (χ4n) is 2.13. The zero-order valence-corrected chi connectivity index (χ0v) is 11.3. The molecule has 1 unspecified atom stereocenters. The molecule has 1 atom stereocenters. The molecule has 1 N–H and O–H groups in total. The molecule has 4 heteroatoms. The van der Waals surface area contributed by atoms with Gasteiger partial charge in [0, 0.05) is 30.6 Å². The molecule has 3 nitrogen and oxygen atoms in total. The number of nitrogens with one attached hydrogen (secondary N) is 1. The summed E-state index contributed by atoms with van der Waals surface area (Å²) in [7, 11) is 0. The standard InChI is InChI=1S/C13H22N2OS/c1-2-5-14-9-12-11-16-7-6-15(12)10-13-4-3-8-17-13/h3-4,8,12,14H,2,5-7,9-11H2,1H3. The van der Waals surface area contributed by atoms with Crippen LogP contribution in [0.5, 0.6) is 0 Å². The van der Waals surface area contributed by atoms with Crippen LogP contribution in [0.1, 0.15) is 18.2 Å². The van der Waals surface area contributed by atoms with Crippen molar-refractivity contribution in [2.75, 3.05) is 32.8 Å². The van der Waals surface area contributed by atoms with Crippen LogP contribution in [0, 0.1) is 0 Å². The van der Waals surface area contributed by atoms with Crippen LogP contribution >= 0.6 is 11.3 Å². The largest absolute Gasteiger partial charge is 0.378 e. The van der Waals surface area contributed by atoms with Crippen LogP contribution < -0.4 is 5.32 Å². The summed E-state index contributed by atoms with van der Waals surface area (Å²) in [6, 6.07) is 4.87. The molecule has 2 heterocycles. The predicted octanol–water partition coefficient (Wildman–Crippen LogP) is 1.95. The van der Waals surface area contributed by atoms with E-state index in [4.69, 9.17) is 4.74 Å². The van der Waals surface area contributed by atoms with Crippen molar-refractivity contribution in [3.8, 4) is 0 Å². The molecular weight excluding hydrogens is 232 g/mol. The number of nitrogens with zero attached hydrogens (tertiary/aromatic N) is 1. The zero-order chi connectivity index (χ0) is 11.9. The lowest BCUT2D eigenvalue weighted by Gasteiger charge is -2.35. The number of morpholine rings is 1.